The van der Waals surface area contributed by atoms with Crippen molar-refractivity contribution in [2.24, 2.45) is 10.7 Å². The number of rotatable bonds is 5. The molecule has 3 heteroatoms. The van der Waals surface area contributed by atoms with Crippen LogP contribution in [0.3, 0.4) is 0 Å². The van der Waals surface area contributed by atoms with Gasteiger partial charge in [-0.2, -0.15) is 0 Å². The molecule has 0 heterocycles. The van der Waals surface area contributed by atoms with Crippen LogP contribution in [0.15, 0.2) is 35.3 Å². The summed E-state index contributed by atoms with van der Waals surface area (Å²) < 4.78 is 0. The van der Waals surface area contributed by atoms with Crippen molar-refractivity contribution in [2.45, 2.75) is 33.1 Å². The Morgan fingerprint density at radius 2 is 1.72 bits per heavy atom. The molecule has 0 aliphatic heterocycles. The standard InChI is InChI=1S/C15H25N3/c1-5-18(6-2)14(16)17-12-15(3,4)13-10-8-7-9-11-13/h7-11H,5-6,12H2,1-4H3,(H2,16,17). The topological polar surface area (TPSA) is 41.6 Å². The average Bonchev–Trinajstić information content (AvgIpc) is 2.39. The molecule has 0 aliphatic rings. The SMILES string of the molecule is CCN(CC)C(N)=NCC(C)(C)c1ccccc1. The molecule has 0 fully saturated rings. The molecule has 18 heavy (non-hydrogen) atoms. The molecule has 1 aromatic rings. The maximum Gasteiger partial charge on any atom is 0.191 e. The maximum absolute atomic E-state index is 6.00. The fourth-order valence-electron chi connectivity index (χ4n) is 1.91. The Bertz CT molecular complexity index is 378. The predicted molar refractivity (Wildman–Crippen MR) is 78.9 cm³/mol. The molecule has 0 saturated heterocycles. The highest BCUT2D eigenvalue weighted by Crippen LogP contribution is 2.22. The van der Waals surface area contributed by atoms with Crippen LogP contribution in [0, 0.1) is 0 Å². The lowest BCUT2D eigenvalue weighted by molar-refractivity contribution is 0.451. The molecule has 0 saturated carbocycles. The second-order valence-electron chi connectivity index (χ2n) is 5.10. The number of aliphatic imine (C=N–C) groups is 1. The minimum Gasteiger partial charge on any atom is -0.370 e. The third-order valence-corrected chi connectivity index (χ3v) is 3.28. The summed E-state index contributed by atoms with van der Waals surface area (Å²) in [4.78, 5) is 6.61. The van der Waals surface area contributed by atoms with Crippen molar-refractivity contribution in [2.75, 3.05) is 19.6 Å². The quantitative estimate of drug-likeness (QED) is 0.642. The molecular formula is C15H25N3. The summed E-state index contributed by atoms with van der Waals surface area (Å²) in [6, 6.07) is 10.4. The number of nitrogens with two attached hydrogens (primary N) is 1. The molecule has 3 nitrogen and oxygen atoms in total. The Kier molecular flexibility index (Phi) is 5.20. The molecule has 0 unspecified atom stereocenters. The van der Waals surface area contributed by atoms with E-state index in [1.54, 1.807) is 0 Å². The summed E-state index contributed by atoms with van der Waals surface area (Å²) >= 11 is 0. The maximum atomic E-state index is 6.00. The molecular weight excluding hydrogens is 222 g/mol. The molecule has 0 atom stereocenters. The Labute approximate surface area is 111 Å². The van der Waals surface area contributed by atoms with Gasteiger partial charge in [-0.05, 0) is 19.4 Å². The first-order valence-electron chi connectivity index (χ1n) is 6.61. The molecule has 100 valence electrons. The van der Waals surface area contributed by atoms with E-state index >= 15 is 0 Å². The van der Waals surface area contributed by atoms with Gasteiger partial charge in [-0.15, -0.1) is 0 Å². The van der Waals surface area contributed by atoms with Crippen molar-refractivity contribution in [3.05, 3.63) is 35.9 Å². The first-order chi connectivity index (χ1) is 8.51. The van der Waals surface area contributed by atoms with Crippen LogP contribution in [-0.2, 0) is 5.41 Å². The fraction of sp³-hybridized carbons (Fsp3) is 0.533. The minimum atomic E-state index is 0.0129. The Balaban J connectivity index is 2.75. The molecule has 0 aliphatic carbocycles. The van der Waals surface area contributed by atoms with E-state index in [4.69, 9.17) is 5.73 Å². The van der Waals surface area contributed by atoms with Crippen LogP contribution in [0.4, 0.5) is 0 Å². The van der Waals surface area contributed by atoms with Gasteiger partial charge in [0, 0.05) is 18.5 Å². The van der Waals surface area contributed by atoms with Crippen molar-refractivity contribution in [3.8, 4) is 0 Å². The lowest BCUT2D eigenvalue weighted by atomic mass is 9.85. The first-order valence-corrected chi connectivity index (χ1v) is 6.61. The van der Waals surface area contributed by atoms with Gasteiger partial charge >= 0.3 is 0 Å². The zero-order chi connectivity index (χ0) is 13.6. The van der Waals surface area contributed by atoms with Crippen molar-refractivity contribution in [1.82, 2.24) is 4.90 Å². The second kappa shape index (κ2) is 6.43. The summed E-state index contributed by atoms with van der Waals surface area (Å²) in [5.41, 5.74) is 7.31. The zero-order valence-electron chi connectivity index (χ0n) is 12.0. The summed E-state index contributed by atoms with van der Waals surface area (Å²) in [7, 11) is 0. The molecule has 0 radical (unpaired) electrons. The van der Waals surface area contributed by atoms with Gasteiger partial charge in [-0.25, -0.2) is 0 Å². The van der Waals surface area contributed by atoms with Crippen LogP contribution in [0.1, 0.15) is 33.3 Å². The van der Waals surface area contributed by atoms with Crippen molar-refractivity contribution >= 4 is 5.96 Å². The predicted octanol–water partition coefficient (Wildman–Crippen LogP) is 2.62. The van der Waals surface area contributed by atoms with Gasteiger partial charge in [0.25, 0.3) is 0 Å². The smallest absolute Gasteiger partial charge is 0.191 e. The molecule has 0 amide bonds. The molecule has 0 spiro atoms. The van der Waals surface area contributed by atoms with Crippen molar-refractivity contribution in [1.29, 1.82) is 0 Å². The zero-order valence-corrected chi connectivity index (χ0v) is 12.0. The van der Waals surface area contributed by atoms with Crippen LogP contribution in [-0.4, -0.2) is 30.5 Å². The van der Waals surface area contributed by atoms with Crippen LogP contribution in [0.5, 0.6) is 0 Å². The van der Waals surface area contributed by atoms with Crippen LogP contribution >= 0.6 is 0 Å². The van der Waals surface area contributed by atoms with E-state index < -0.39 is 0 Å². The molecule has 1 rings (SSSR count). The number of benzene rings is 1. The largest absolute Gasteiger partial charge is 0.370 e. The highest BCUT2D eigenvalue weighted by atomic mass is 15.2. The van der Waals surface area contributed by atoms with E-state index in [-0.39, 0.29) is 5.41 Å². The lowest BCUT2D eigenvalue weighted by Gasteiger charge is -2.25. The van der Waals surface area contributed by atoms with Gasteiger partial charge in [0.2, 0.25) is 0 Å². The van der Waals surface area contributed by atoms with E-state index in [2.05, 4.69) is 61.9 Å². The first kappa shape index (κ1) is 14.6. The fourth-order valence-corrected chi connectivity index (χ4v) is 1.91. The molecule has 0 aromatic heterocycles. The van der Waals surface area contributed by atoms with E-state index in [0.717, 1.165) is 13.1 Å². The summed E-state index contributed by atoms with van der Waals surface area (Å²) in [5.74, 6) is 0.643. The number of hydrogen-bond acceptors (Lipinski definition) is 1. The van der Waals surface area contributed by atoms with Crippen LogP contribution < -0.4 is 5.73 Å². The van der Waals surface area contributed by atoms with Crippen LogP contribution in [0.2, 0.25) is 0 Å². The van der Waals surface area contributed by atoms with E-state index in [1.807, 2.05) is 6.07 Å². The average molecular weight is 247 g/mol. The number of guanidine groups is 1. The third-order valence-electron chi connectivity index (χ3n) is 3.28. The van der Waals surface area contributed by atoms with Crippen molar-refractivity contribution in [3.63, 3.8) is 0 Å². The highest BCUT2D eigenvalue weighted by molar-refractivity contribution is 5.78. The van der Waals surface area contributed by atoms with E-state index in [0.29, 0.717) is 12.5 Å². The van der Waals surface area contributed by atoms with Crippen LogP contribution in [0.25, 0.3) is 0 Å². The summed E-state index contributed by atoms with van der Waals surface area (Å²) in [5, 5.41) is 0. The summed E-state index contributed by atoms with van der Waals surface area (Å²) in [6.45, 7) is 11.1. The normalized spacial score (nSPS) is 12.6. The highest BCUT2D eigenvalue weighted by Gasteiger charge is 2.20. The van der Waals surface area contributed by atoms with E-state index in [9.17, 15) is 0 Å². The van der Waals surface area contributed by atoms with E-state index in [1.165, 1.54) is 5.56 Å². The second-order valence-corrected chi connectivity index (χ2v) is 5.10. The molecule has 0 bridgehead atoms. The Morgan fingerprint density at radius 1 is 1.17 bits per heavy atom. The number of hydrogen-bond donors (Lipinski definition) is 1. The van der Waals surface area contributed by atoms with Gasteiger partial charge in [0.05, 0.1) is 6.54 Å². The lowest BCUT2D eigenvalue weighted by Crippen LogP contribution is -2.38. The van der Waals surface area contributed by atoms with Gasteiger partial charge in [0.15, 0.2) is 5.96 Å². The molecule has 1 aromatic carbocycles. The monoisotopic (exact) mass is 247 g/mol. The van der Waals surface area contributed by atoms with Gasteiger partial charge < -0.3 is 10.6 Å². The summed E-state index contributed by atoms with van der Waals surface area (Å²) in [6.07, 6.45) is 0. The minimum absolute atomic E-state index is 0.0129. The Morgan fingerprint density at radius 3 is 2.22 bits per heavy atom. The van der Waals surface area contributed by atoms with Crippen molar-refractivity contribution < 1.29 is 0 Å². The van der Waals surface area contributed by atoms with Gasteiger partial charge in [-0.1, -0.05) is 44.2 Å². The molecule has 2 N–H and O–H groups in total. The number of nitrogens with zero attached hydrogens (tertiary/aromatic N) is 2. The van der Waals surface area contributed by atoms with Gasteiger partial charge in [-0.3, -0.25) is 4.99 Å². The Hall–Kier alpha value is -1.51. The third kappa shape index (κ3) is 3.76. The van der Waals surface area contributed by atoms with Gasteiger partial charge in [0.1, 0.15) is 0 Å².